The van der Waals surface area contributed by atoms with Crippen molar-refractivity contribution in [3.63, 3.8) is 0 Å². The van der Waals surface area contributed by atoms with Crippen molar-refractivity contribution >= 4 is 23.1 Å². The summed E-state index contributed by atoms with van der Waals surface area (Å²) in [7, 11) is 0. The van der Waals surface area contributed by atoms with E-state index in [9.17, 15) is 4.79 Å². The number of benzene rings is 3. The molecule has 0 radical (unpaired) electrons. The molecule has 0 saturated heterocycles. The van der Waals surface area contributed by atoms with Gasteiger partial charge in [0.25, 0.3) is 0 Å². The molecule has 0 fully saturated rings. The second-order valence-corrected chi connectivity index (χ2v) is 5.42. The quantitative estimate of drug-likeness (QED) is 0.620. The molecule has 0 amide bonds. The maximum Gasteiger partial charge on any atom is 0.146 e. The van der Waals surface area contributed by atoms with Crippen LogP contribution in [0.3, 0.4) is 0 Å². The van der Waals surface area contributed by atoms with Crippen LogP contribution in [-0.4, -0.2) is 6.29 Å². The SMILES string of the molecule is O=CC1=Cc2c(cccc2-c2cccc3ccccc23)C1. The third kappa shape index (κ3) is 1.90. The van der Waals surface area contributed by atoms with Crippen molar-refractivity contribution in [1.82, 2.24) is 0 Å². The van der Waals surface area contributed by atoms with Crippen LogP contribution in [0.2, 0.25) is 0 Å². The van der Waals surface area contributed by atoms with E-state index in [-0.39, 0.29) is 0 Å². The molecule has 100 valence electrons. The molecule has 1 nitrogen and oxygen atoms in total. The monoisotopic (exact) mass is 270 g/mol. The summed E-state index contributed by atoms with van der Waals surface area (Å²) >= 11 is 0. The number of hydrogen-bond donors (Lipinski definition) is 0. The molecule has 0 N–H and O–H groups in total. The van der Waals surface area contributed by atoms with Crippen molar-refractivity contribution in [2.45, 2.75) is 6.42 Å². The highest BCUT2D eigenvalue weighted by Crippen LogP contribution is 2.36. The van der Waals surface area contributed by atoms with Gasteiger partial charge in [-0.15, -0.1) is 0 Å². The molecule has 0 saturated carbocycles. The van der Waals surface area contributed by atoms with Crippen LogP contribution >= 0.6 is 0 Å². The van der Waals surface area contributed by atoms with E-state index in [2.05, 4.69) is 60.7 Å². The number of allylic oxidation sites excluding steroid dienone is 1. The average molecular weight is 270 g/mol. The lowest BCUT2D eigenvalue weighted by molar-refractivity contribution is -0.104. The largest absolute Gasteiger partial charge is 0.298 e. The molecule has 4 rings (SSSR count). The predicted octanol–water partition coefficient (Wildman–Crippen LogP) is 4.65. The van der Waals surface area contributed by atoms with Crippen LogP contribution in [0.5, 0.6) is 0 Å². The van der Waals surface area contributed by atoms with Gasteiger partial charge in [0.15, 0.2) is 0 Å². The molecule has 0 aliphatic heterocycles. The fourth-order valence-corrected chi connectivity index (χ4v) is 3.16. The first-order valence-electron chi connectivity index (χ1n) is 7.12. The second-order valence-electron chi connectivity index (χ2n) is 5.42. The zero-order valence-electron chi connectivity index (χ0n) is 11.5. The summed E-state index contributed by atoms with van der Waals surface area (Å²) in [6, 6.07) is 21.1. The summed E-state index contributed by atoms with van der Waals surface area (Å²) in [6.45, 7) is 0. The van der Waals surface area contributed by atoms with Gasteiger partial charge in [0, 0.05) is 6.42 Å². The summed E-state index contributed by atoms with van der Waals surface area (Å²) < 4.78 is 0. The van der Waals surface area contributed by atoms with Crippen LogP contribution in [0.15, 0.2) is 66.2 Å². The molecule has 3 aromatic rings. The van der Waals surface area contributed by atoms with Crippen molar-refractivity contribution < 1.29 is 4.79 Å². The van der Waals surface area contributed by atoms with E-state index in [0.29, 0.717) is 0 Å². The lowest BCUT2D eigenvalue weighted by atomic mass is 9.93. The Morgan fingerprint density at radius 1 is 0.810 bits per heavy atom. The third-order valence-corrected chi connectivity index (χ3v) is 4.15. The van der Waals surface area contributed by atoms with Crippen molar-refractivity contribution in [3.8, 4) is 11.1 Å². The van der Waals surface area contributed by atoms with Gasteiger partial charge < -0.3 is 0 Å². The summed E-state index contributed by atoms with van der Waals surface area (Å²) in [5, 5.41) is 2.49. The molecule has 0 unspecified atom stereocenters. The van der Waals surface area contributed by atoms with Crippen molar-refractivity contribution in [2.75, 3.05) is 0 Å². The van der Waals surface area contributed by atoms with Crippen molar-refractivity contribution in [1.29, 1.82) is 0 Å². The first kappa shape index (κ1) is 12.1. The van der Waals surface area contributed by atoms with E-state index in [1.165, 1.54) is 33.0 Å². The fourth-order valence-electron chi connectivity index (χ4n) is 3.16. The van der Waals surface area contributed by atoms with Gasteiger partial charge in [-0.3, -0.25) is 4.79 Å². The lowest BCUT2D eigenvalue weighted by Crippen LogP contribution is -1.88. The van der Waals surface area contributed by atoms with Crippen LogP contribution in [0.4, 0.5) is 0 Å². The Labute approximate surface area is 123 Å². The number of carbonyl (C=O) groups excluding carboxylic acids is 1. The Hall–Kier alpha value is -2.67. The summed E-state index contributed by atoms with van der Waals surface area (Å²) in [6.07, 6.45) is 3.74. The lowest BCUT2D eigenvalue weighted by Gasteiger charge is -2.11. The minimum Gasteiger partial charge on any atom is -0.298 e. The van der Waals surface area contributed by atoms with Gasteiger partial charge in [0.2, 0.25) is 0 Å². The van der Waals surface area contributed by atoms with Gasteiger partial charge in [0.05, 0.1) is 0 Å². The smallest absolute Gasteiger partial charge is 0.146 e. The van der Waals surface area contributed by atoms with Gasteiger partial charge in [-0.1, -0.05) is 60.7 Å². The number of fused-ring (bicyclic) bond motifs is 2. The van der Waals surface area contributed by atoms with Gasteiger partial charge in [-0.25, -0.2) is 0 Å². The number of rotatable bonds is 2. The molecule has 1 heteroatoms. The van der Waals surface area contributed by atoms with Crippen molar-refractivity contribution in [3.05, 3.63) is 77.4 Å². The van der Waals surface area contributed by atoms with E-state index in [1.54, 1.807) is 0 Å². The van der Waals surface area contributed by atoms with Crippen LogP contribution < -0.4 is 0 Å². The van der Waals surface area contributed by atoms with Gasteiger partial charge in [-0.05, 0) is 44.7 Å². The highest BCUT2D eigenvalue weighted by molar-refractivity contribution is 6.00. The van der Waals surface area contributed by atoms with E-state index in [0.717, 1.165) is 18.3 Å². The van der Waals surface area contributed by atoms with E-state index >= 15 is 0 Å². The summed E-state index contributed by atoms with van der Waals surface area (Å²) in [5.74, 6) is 0. The van der Waals surface area contributed by atoms with Gasteiger partial charge in [0.1, 0.15) is 6.29 Å². The molecule has 0 heterocycles. The number of carbonyl (C=O) groups is 1. The fraction of sp³-hybridized carbons (Fsp3) is 0.0500. The van der Waals surface area contributed by atoms with Crippen LogP contribution in [0.25, 0.3) is 28.0 Å². The summed E-state index contributed by atoms with van der Waals surface area (Å²) in [5.41, 5.74) is 5.73. The Bertz CT molecular complexity index is 882. The van der Waals surface area contributed by atoms with Gasteiger partial charge >= 0.3 is 0 Å². The van der Waals surface area contributed by atoms with E-state index in [1.807, 2.05) is 6.08 Å². The molecule has 21 heavy (non-hydrogen) atoms. The molecule has 1 aliphatic carbocycles. The molecule has 0 bridgehead atoms. The Morgan fingerprint density at radius 2 is 1.57 bits per heavy atom. The average Bonchev–Trinajstić information content (AvgIpc) is 2.97. The molecular weight excluding hydrogens is 256 g/mol. The summed E-state index contributed by atoms with van der Waals surface area (Å²) in [4.78, 5) is 11.1. The van der Waals surface area contributed by atoms with Crippen LogP contribution in [-0.2, 0) is 11.2 Å². The highest BCUT2D eigenvalue weighted by atomic mass is 16.1. The maximum atomic E-state index is 11.1. The number of hydrogen-bond acceptors (Lipinski definition) is 1. The normalized spacial score (nSPS) is 13.0. The molecule has 0 spiro atoms. The Kier molecular flexibility index (Phi) is 2.71. The van der Waals surface area contributed by atoms with Crippen LogP contribution in [0, 0.1) is 0 Å². The molecular formula is C20H14O. The molecule has 0 aromatic heterocycles. The second kappa shape index (κ2) is 4.71. The first-order chi connectivity index (χ1) is 10.4. The third-order valence-electron chi connectivity index (χ3n) is 4.15. The Morgan fingerprint density at radius 3 is 2.48 bits per heavy atom. The number of aldehydes is 1. The minimum absolute atomic E-state index is 0.747. The molecule has 1 aliphatic rings. The van der Waals surface area contributed by atoms with Crippen LogP contribution in [0.1, 0.15) is 11.1 Å². The van der Waals surface area contributed by atoms with E-state index < -0.39 is 0 Å². The minimum atomic E-state index is 0.747. The van der Waals surface area contributed by atoms with Gasteiger partial charge in [-0.2, -0.15) is 0 Å². The zero-order chi connectivity index (χ0) is 14.2. The topological polar surface area (TPSA) is 17.1 Å². The predicted molar refractivity (Wildman–Crippen MR) is 87.1 cm³/mol. The standard InChI is InChI=1S/C20H14O/c21-13-14-11-16-7-4-10-19(20(16)12-14)18-9-3-6-15-5-1-2-8-17(15)18/h1-10,12-13H,11H2. The molecule has 3 aromatic carbocycles. The first-order valence-corrected chi connectivity index (χ1v) is 7.12. The van der Waals surface area contributed by atoms with E-state index in [4.69, 9.17) is 0 Å². The Balaban J connectivity index is 2.01. The van der Waals surface area contributed by atoms with Crippen molar-refractivity contribution in [2.24, 2.45) is 0 Å². The highest BCUT2D eigenvalue weighted by Gasteiger charge is 2.16. The molecule has 0 atom stereocenters. The zero-order valence-corrected chi connectivity index (χ0v) is 11.5. The maximum absolute atomic E-state index is 11.1.